The van der Waals surface area contributed by atoms with Crippen molar-refractivity contribution in [3.63, 3.8) is 0 Å². The molecule has 0 aromatic carbocycles. The summed E-state index contributed by atoms with van der Waals surface area (Å²) in [5.41, 5.74) is 1.18. The Morgan fingerprint density at radius 2 is 2.05 bits per heavy atom. The minimum atomic E-state index is 0.316. The lowest BCUT2D eigenvalue weighted by Crippen LogP contribution is -2.33. The van der Waals surface area contributed by atoms with Gasteiger partial charge in [-0.1, -0.05) is 12.2 Å². The first kappa shape index (κ1) is 12.4. The second kappa shape index (κ2) is 5.55. The fraction of sp³-hybridized carbons (Fsp3) is 0.500. The van der Waals surface area contributed by atoms with Crippen molar-refractivity contribution in [2.45, 2.75) is 44.7 Å². The molecule has 2 aliphatic rings. The van der Waals surface area contributed by atoms with Crippen LogP contribution in [0.2, 0.25) is 0 Å². The number of rotatable bonds is 5. The van der Waals surface area contributed by atoms with Crippen LogP contribution in [0.1, 0.15) is 37.7 Å². The third kappa shape index (κ3) is 3.22. The normalized spacial score (nSPS) is 21.6. The summed E-state index contributed by atoms with van der Waals surface area (Å²) >= 11 is 0. The molecule has 3 rings (SSSR count). The SMILES string of the molecule is O=C(C[C@H]1C=CCC1)N(Cc1ccncc1)C1CC1. The average molecular weight is 256 g/mol. The van der Waals surface area contributed by atoms with Gasteiger partial charge in [-0.3, -0.25) is 9.78 Å². The standard InChI is InChI=1S/C16H20N2O/c19-16(11-13-3-1-2-4-13)18(15-5-6-15)12-14-7-9-17-10-8-14/h1,3,7-10,13,15H,2,4-6,11-12H2/t13-/m0/s1. The Labute approximate surface area is 114 Å². The summed E-state index contributed by atoms with van der Waals surface area (Å²) in [7, 11) is 0. The highest BCUT2D eigenvalue weighted by Crippen LogP contribution is 2.30. The zero-order valence-electron chi connectivity index (χ0n) is 11.2. The van der Waals surface area contributed by atoms with Crippen LogP contribution in [0.25, 0.3) is 0 Å². The molecular formula is C16H20N2O. The Morgan fingerprint density at radius 3 is 2.68 bits per heavy atom. The van der Waals surface area contributed by atoms with Gasteiger partial charge in [-0.05, 0) is 49.3 Å². The Bertz CT molecular complexity index is 465. The molecule has 0 radical (unpaired) electrons. The average Bonchev–Trinajstić information content (AvgIpc) is 3.15. The van der Waals surface area contributed by atoms with Crippen LogP contribution in [0.15, 0.2) is 36.7 Å². The van der Waals surface area contributed by atoms with Crippen LogP contribution in [-0.4, -0.2) is 21.8 Å². The van der Waals surface area contributed by atoms with Crippen molar-refractivity contribution >= 4 is 5.91 Å². The molecule has 19 heavy (non-hydrogen) atoms. The van der Waals surface area contributed by atoms with Crippen molar-refractivity contribution < 1.29 is 4.79 Å². The van der Waals surface area contributed by atoms with Gasteiger partial charge in [0.2, 0.25) is 5.91 Å². The van der Waals surface area contributed by atoms with Gasteiger partial charge in [0.1, 0.15) is 0 Å². The third-order valence-electron chi connectivity index (χ3n) is 3.96. The zero-order chi connectivity index (χ0) is 13.1. The van der Waals surface area contributed by atoms with E-state index in [1.165, 1.54) is 5.56 Å². The Morgan fingerprint density at radius 1 is 1.26 bits per heavy atom. The molecule has 1 atom stereocenters. The summed E-state index contributed by atoms with van der Waals surface area (Å²) in [6, 6.07) is 4.47. The van der Waals surface area contributed by atoms with Crippen LogP contribution in [0.5, 0.6) is 0 Å². The lowest BCUT2D eigenvalue weighted by atomic mass is 10.0. The van der Waals surface area contributed by atoms with E-state index < -0.39 is 0 Å². The number of hydrogen-bond donors (Lipinski definition) is 0. The Kier molecular flexibility index (Phi) is 3.62. The predicted octanol–water partition coefficient (Wildman–Crippen LogP) is 2.93. The maximum atomic E-state index is 12.5. The largest absolute Gasteiger partial charge is 0.335 e. The zero-order valence-corrected chi connectivity index (χ0v) is 11.2. The number of carbonyl (C=O) groups is 1. The minimum absolute atomic E-state index is 0.316. The Balaban J connectivity index is 1.63. The van der Waals surface area contributed by atoms with Crippen LogP contribution < -0.4 is 0 Å². The van der Waals surface area contributed by atoms with E-state index in [-0.39, 0.29) is 0 Å². The fourth-order valence-electron chi connectivity index (χ4n) is 2.70. The van der Waals surface area contributed by atoms with E-state index in [1.807, 2.05) is 12.1 Å². The highest BCUT2D eigenvalue weighted by atomic mass is 16.2. The molecule has 0 bridgehead atoms. The van der Waals surface area contributed by atoms with Gasteiger partial charge >= 0.3 is 0 Å². The monoisotopic (exact) mass is 256 g/mol. The quantitative estimate of drug-likeness (QED) is 0.759. The number of aromatic nitrogens is 1. The molecule has 3 heteroatoms. The molecule has 0 unspecified atom stereocenters. The van der Waals surface area contributed by atoms with E-state index in [1.54, 1.807) is 12.4 Å². The van der Waals surface area contributed by atoms with Gasteiger partial charge in [-0.15, -0.1) is 0 Å². The topological polar surface area (TPSA) is 33.2 Å². The molecule has 1 heterocycles. The molecule has 1 amide bonds. The molecule has 3 nitrogen and oxygen atoms in total. The van der Waals surface area contributed by atoms with Gasteiger partial charge in [0.25, 0.3) is 0 Å². The van der Waals surface area contributed by atoms with E-state index in [0.717, 1.165) is 32.2 Å². The molecular weight excluding hydrogens is 236 g/mol. The summed E-state index contributed by atoms with van der Waals surface area (Å²) < 4.78 is 0. The molecule has 1 aromatic heterocycles. The highest BCUT2D eigenvalue weighted by molar-refractivity contribution is 5.77. The van der Waals surface area contributed by atoms with Gasteiger partial charge in [-0.2, -0.15) is 0 Å². The highest BCUT2D eigenvalue weighted by Gasteiger charge is 2.33. The first-order valence-electron chi connectivity index (χ1n) is 7.18. The number of pyridine rings is 1. The van der Waals surface area contributed by atoms with Crippen LogP contribution in [0, 0.1) is 5.92 Å². The second-order valence-corrected chi connectivity index (χ2v) is 5.58. The summed E-state index contributed by atoms with van der Waals surface area (Å²) in [6.45, 7) is 0.739. The molecule has 0 saturated heterocycles. The van der Waals surface area contributed by atoms with Crippen molar-refractivity contribution in [2.75, 3.05) is 0 Å². The number of allylic oxidation sites excluding steroid dienone is 2. The van der Waals surface area contributed by atoms with Gasteiger partial charge < -0.3 is 4.90 Å². The second-order valence-electron chi connectivity index (χ2n) is 5.58. The fourth-order valence-corrected chi connectivity index (χ4v) is 2.70. The molecule has 1 aromatic rings. The minimum Gasteiger partial charge on any atom is -0.335 e. The maximum Gasteiger partial charge on any atom is 0.223 e. The molecule has 0 N–H and O–H groups in total. The van der Waals surface area contributed by atoms with Gasteiger partial charge in [-0.25, -0.2) is 0 Å². The lowest BCUT2D eigenvalue weighted by Gasteiger charge is -2.23. The van der Waals surface area contributed by atoms with Crippen molar-refractivity contribution in [1.82, 2.24) is 9.88 Å². The third-order valence-corrected chi connectivity index (χ3v) is 3.96. The van der Waals surface area contributed by atoms with E-state index in [9.17, 15) is 4.79 Å². The van der Waals surface area contributed by atoms with Crippen molar-refractivity contribution in [2.24, 2.45) is 5.92 Å². The van der Waals surface area contributed by atoms with E-state index in [0.29, 0.717) is 24.3 Å². The lowest BCUT2D eigenvalue weighted by molar-refractivity contribution is -0.133. The molecule has 1 saturated carbocycles. The van der Waals surface area contributed by atoms with E-state index in [4.69, 9.17) is 0 Å². The molecule has 0 aliphatic heterocycles. The molecule has 2 aliphatic carbocycles. The maximum absolute atomic E-state index is 12.5. The number of nitrogens with zero attached hydrogens (tertiary/aromatic N) is 2. The number of carbonyl (C=O) groups excluding carboxylic acids is 1. The smallest absolute Gasteiger partial charge is 0.223 e. The molecule has 0 spiro atoms. The van der Waals surface area contributed by atoms with Crippen LogP contribution >= 0.6 is 0 Å². The van der Waals surface area contributed by atoms with Crippen LogP contribution in [0.3, 0.4) is 0 Å². The summed E-state index contributed by atoms with van der Waals surface area (Å²) in [5.74, 6) is 0.780. The van der Waals surface area contributed by atoms with Crippen LogP contribution in [0.4, 0.5) is 0 Å². The van der Waals surface area contributed by atoms with Crippen LogP contribution in [-0.2, 0) is 11.3 Å². The predicted molar refractivity (Wildman–Crippen MR) is 74.3 cm³/mol. The summed E-state index contributed by atoms with van der Waals surface area (Å²) in [6.07, 6.45) is 13.3. The summed E-state index contributed by atoms with van der Waals surface area (Å²) in [5, 5.41) is 0. The van der Waals surface area contributed by atoms with Gasteiger partial charge in [0.05, 0.1) is 0 Å². The number of hydrogen-bond acceptors (Lipinski definition) is 2. The van der Waals surface area contributed by atoms with E-state index >= 15 is 0 Å². The Hall–Kier alpha value is -1.64. The van der Waals surface area contributed by atoms with Crippen molar-refractivity contribution in [3.8, 4) is 0 Å². The van der Waals surface area contributed by atoms with Crippen molar-refractivity contribution in [3.05, 3.63) is 42.2 Å². The summed E-state index contributed by atoms with van der Waals surface area (Å²) in [4.78, 5) is 18.6. The first-order chi connectivity index (χ1) is 9.33. The number of amides is 1. The molecule has 1 fully saturated rings. The van der Waals surface area contributed by atoms with Gasteiger partial charge in [0, 0.05) is 31.4 Å². The van der Waals surface area contributed by atoms with E-state index in [2.05, 4.69) is 22.0 Å². The van der Waals surface area contributed by atoms with Crippen molar-refractivity contribution in [1.29, 1.82) is 0 Å². The first-order valence-corrected chi connectivity index (χ1v) is 7.18. The van der Waals surface area contributed by atoms with Gasteiger partial charge in [0.15, 0.2) is 0 Å². The molecule has 100 valence electrons.